The Balaban J connectivity index is 1.51. The molecule has 0 radical (unpaired) electrons. The second-order valence-electron chi connectivity index (χ2n) is 6.86. The summed E-state index contributed by atoms with van der Waals surface area (Å²) < 4.78 is 6.92. The number of aromatic nitrogens is 4. The Bertz CT molecular complexity index is 1210. The molecule has 29 heavy (non-hydrogen) atoms. The van der Waals surface area contributed by atoms with Crippen LogP contribution in [0.2, 0.25) is 0 Å². The van der Waals surface area contributed by atoms with E-state index in [1.807, 2.05) is 24.3 Å². The maximum absolute atomic E-state index is 12.6. The zero-order chi connectivity index (χ0) is 19.8. The van der Waals surface area contributed by atoms with Gasteiger partial charge in [-0.3, -0.25) is 4.98 Å². The Labute approximate surface area is 166 Å². The van der Waals surface area contributed by atoms with Crippen LogP contribution in [0.5, 0.6) is 5.75 Å². The molecule has 0 atom stereocenters. The summed E-state index contributed by atoms with van der Waals surface area (Å²) in [5.74, 6) is 0.183. The molecule has 1 aliphatic heterocycles. The third kappa shape index (κ3) is 3.23. The van der Waals surface area contributed by atoms with Crippen molar-refractivity contribution in [1.29, 1.82) is 0 Å². The van der Waals surface area contributed by atoms with Gasteiger partial charge in [0.15, 0.2) is 11.3 Å². The summed E-state index contributed by atoms with van der Waals surface area (Å²) >= 11 is 0. The average Bonchev–Trinajstić information content (AvgIpc) is 3.10. The van der Waals surface area contributed by atoms with E-state index in [1.165, 1.54) is 4.57 Å². The molecule has 3 heterocycles. The largest absolute Gasteiger partial charge is 0.508 e. The molecule has 5 rings (SSSR count). The molecule has 0 bridgehead atoms. The summed E-state index contributed by atoms with van der Waals surface area (Å²) in [7, 11) is 0. The molecule has 0 aliphatic carbocycles. The molecule has 1 fully saturated rings. The molecule has 2 aromatic heterocycles. The maximum atomic E-state index is 12.6. The van der Waals surface area contributed by atoms with E-state index in [2.05, 4.69) is 19.9 Å². The maximum Gasteiger partial charge on any atom is 0.333 e. The highest BCUT2D eigenvalue weighted by atomic mass is 16.5. The monoisotopic (exact) mass is 389 g/mol. The standard InChI is InChI=1S/C21H19N5O3/c27-17-7-1-14(2-8-17)18-13-22-20-19(23-18)24-21(28)26(20)16-5-3-15(4-6-16)25-9-11-29-12-10-25/h1-8,13,27H,9-12H2,(H,23,24,28). The summed E-state index contributed by atoms with van der Waals surface area (Å²) in [5.41, 5.74) is 3.85. The van der Waals surface area contributed by atoms with Gasteiger partial charge in [0, 0.05) is 24.3 Å². The minimum atomic E-state index is -0.290. The van der Waals surface area contributed by atoms with Crippen LogP contribution in [0, 0.1) is 0 Å². The number of H-pyrrole nitrogens is 1. The molecule has 1 saturated heterocycles. The van der Waals surface area contributed by atoms with Gasteiger partial charge >= 0.3 is 5.69 Å². The SMILES string of the molecule is O=c1[nH]c2nc(-c3ccc(O)cc3)cnc2n1-c1ccc(N2CCOCC2)cc1. The normalized spacial score (nSPS) is 14.4. The third-order valence-corrected chi connectivity index (χ3v) is 5.04. The van der Waals surface area contributed by atoms with Gasteiger partial charge in [-0.15, -0.1) is 0 Å². The van der Waals surface area contributed by atoms with Gasteiger partial charge in [-0.05, 0) is 48.5 Å². The lowest BCUT2D eigenvalue weighted by atomic mass is 10.1. The van der Waals surface area contributed by atoms with Gasteiger partial charge in [-0.2, -0.15) is 0 Å². The van der Waals surface area contributed by atoms with Crippen molar-refractivity contribution in [2.24, 2.45) is 0 Å². The first-order valence-electron chi connectivity index (χ1n) is 9.39. The van der Waals surface area contributed by atoms with Crippen molar-refractivity contribution in [3.05, 3.63) is 65.2 Å². The summed E-state index contributed by atoms with van der Waals surface area (Å²) in [6.45, 7) is 3.17. The average molecular weight is 389 g/mol. The minimum Gasteiger partial charge on any atom is -0.508 e. The van der Waals surface area contributed by atoms with E-state index in [9.17, 15) is 9.90 Å². The molecule has 8 heteroatoms. The van der Waals surface area contributed by atoms with Gasteiger partial charge in [0.25, 0.3) is 0 Å². The molecule has 0 spiro atoms. The number of benzene rings is 2. The molecule has 0 saturated carbocycles. The number of rotatable bonds is 3. The smallest absolute Gasteiger partial charge is 0.333 e. The molecular formula is C21H19N5O3. The zero-order valence-corrected chi connectivity index (χ0v) is 15.6. The first-order chi connectivity index (χ1) is 14.2. The molecule has 2 aromatic carbocycles. The van der Waals surface area contributed by atoms with Crippen LogP contribution in [0.1, 0.15) is 0 Å². The van der Waals surface area contributed by atoms with Crippen LogP contribution in [0.15, 0.2) is 59.5 Å². The Hall–Kier alpha value is -3.65. The number of aromatic amines is 1. The molecule has 0 amide bonds. The number of fused-ring (bicyclic) bond motifs is 1. The molecule has 1 aliphatic rings. The van der Waals surface area contributed by atoms with E-state index in [0.29, 0.717) is 17.0 Å². The fourth-order valence-corrected chi connectivity index (χ4v) is 3.53. The van der Waals surface area contributed by atoms with E-state index in [4.69, 9.17) is 4.74 Å². The highest BCUT2D eigenvalue weighted by Crippen LogP contribution is 2.23. The first kappa shape index (κ1) is 17.4. The summed E-state index contributed by atoms with van der Waals surface area (Å²) in [6.07, 6.45) is 1.63. The number of aromatic hydroxyl groups is 1. The highest BCUT2D eigenvalue weighted by molar-refractivity contribution is 5.73. The van der Waals surface area contributed by atoms with E-state index in [-0.39, 0.29) is 11.4 Å². The Morgan fingerprint density at radius 2 is 1.66 bits per heavy atom. The lowest BCUT2D eigenvalue weighted by molar-refractivity contribution is 0.122. The Morgan fingerprint density at radius 1 is 0.966 bits per heavy atom. The van der Waals surface area contributed by atoms with E-state index >= 15 is 0 Å². The number of phenols is 1. The summed E-state index contributed by atoms with van der Waals surface area (Å²) in [4.78, 5) is 26.6. The molecule has 8 nitrogen and oxygen atoms in total. The molecule has 0 unspecified atom stereocenters. The zero-order valence-electron chi connectivity index (χ0n) is 15.6. The lowest BCUT2D eigenvalue weighted by Gasteiger charge is -2.28. The van der Waals surface area contributed by atoms with Crippen molar-refractivity contribution >= 4 is 17.0 Å². The second-order valence-corrected chi connectivity index (χ2v) is 6.86. The highest BCUT2D eigenvalue weighted by Gasteiger charge is 2.15. The van der Waals surface area contributed by atoms with E-state index in [1.54, 1.807) is 30.5 Å². The van der Waals surface area contributed by atoms with E-state index in [0.717, 1.165) is 43.2 Å². The van der Waals surface area contributed by atoms with Crippen molar-refractivity contribution in [3.8, 4) is 22.7 Å². The van der Waals surface area contributed by atoms with Gasteiger partial charge in [0.1, 0.15) is 5.75 Å². The molecule has 2 N–H and O–H groups in total. The number of phenolic OH excluding ortho intramolecular Hbond substituents is 1. The minimum absolute atomic E-state index is 0.183. The van der Waals surface area contributed by atoms with Crippen LogP contribution in [-0.2, 0) is 4.74 Å². The van der Waals surface area contributed by atoms with Crippen LogP contribution in [0.4, 0.5) is 5.69 Å². The number of hydrogen-bond acceptors (Lipinski definition) is 6. The van der Waals surface area contributed by atoms with Crippen molar-refractivity contribution < 1.29 is 9.84 Å². The fraction of sp³-hybridized carbons (Fsp3) is 0.190. The first-order valence-corrected chi connectivity index (χ1v) is 9.39. The number of anilines is 1. The summed E-state index contributed by atoms with van der Waals surface area (Å²) in [5, 5.41) is 9.45. The summed E-state index contributed by atoms with van der Waals surface area (Å²) in [6, 6.07) is 14.5. The number of imidazole rings is 1. The van der Waals surface area contributed by atoms with Crippen molar-refractivity contribution in [3.63, 3.8) is 0 Å². The number of morpholine rings is 1. The van der Waals surface area contributed by atoms with Crippen LogP contribution in [0.25, 0.3) is 28.2 Å². The predicted molar refractivity (Wildman–Crippen MR) is 110 cm³/mol. The Morgan fingerprint density at radius 3 is 2.38 bits per heavy atom. The number of nitrogens with one attached hydrogen (secondary N) is 1. The van der Waals surface area contributed by atoms with Crippen molar-refractivity contribution in [2.75, 3.05) is 31.2 Å². The van der Waals surface area contributed by atoms with Crippen LogP contribution >= 0.6 is 0 Å². The lowest BCUT2D eigenvalue weighted by Crippen LogP contribution is -2.36. The quantitative estimate of drug-likeness (QED) is 0.558. The molecule has 146 valence electrons. The molecule has 4 aromatic rings. The van der Waals surface area contributed by atoms with Crippen molar-refractivity contribution in [1.82, 2.24) is 19.5 Å². The van der Waals surface area contributed by atoms with E-state index < -0.39 is 0 Å². The molecular weight excluding hydrogens is 370 g/mol. The fourth-order valence-electron chi connectivity index (χ4n) is 3.53. The predicted octanol–water partition coefficient (Wildman–Crippen LogP) is 2.32. The second kappa shape index (κ2) is 7.06. The van der Waals surface area contributed by atoms with Crippen LogP contribution in [0.3, 0.4) is 0 Å². The number of nitrogens with zero attached hydrogens (tertiary/aromatic N) is 4. The van der Waals surface area contributed by atoms with Gasteiger partial charge in [0.2, 0.25) is 0 Å². The topological polar surface area (TPSA) is 96.3 Å². The number of hydrogen-bond donors (Lipinski definition) is 2. The van der Waals surface area contributed by atoms with Gasteiger partial charge in [-0.1, -0.05) is 0 Å². The van der Waals surface area contributed by atoms with Crippen LogP contribution < -0.4 is 10.6 Å². The van der Waals surface area contributed by atoms with Crippen LogP contribution in [-0.4, -0.2) is 50.9 Å². The number of ether oxygens (including phenoxy) is 1. The Kier molecular flexibility index (Phi) is 4.25. The van der Waals surface area contributed by atoms with Gasteiger partial charge in [0.05, 0.1) is 30.8 Å². The van der Waals surface area contributed by atoms with Gasteiger partial charge < -0.3 is 14.7 Å². The third-order valence-electron chi connectivity index (χ3n) is 5.04. The van der Waals surface area contributed by atoms with Crippen molar-refractivity contribution in [2.45, 2.75) is 0 Å². The van der Waals surface area contributed by atoms with Gasteiger partial charge in [-0.25, -0.2) is 19.3 Å².